The zero-order valence-corrected chi connectivity index (χ0v) is 19.5. The van der Waals surface area contributed by atoms with E-state index in [0.29, 0.717) is 21.7 Å². The molecule has 32 heavy (non-hydrogen) atoms. The molecule has 0 atom stereocenters. The maximum Gasteiger partial charge on any atom is 0.490 e. The van der Waals surface area contributed by atoms with Gasteiger partial charge in [-0.25, -0.2) is 4.79 Å². The third-order valence-corrected chi connectivity index (χ3v) is 8.18. The van der Waals surface area contributed by atoms with E-state index in [2.05, 4.69) is 30.4 Å². The molecule has 0 radical (unpaired) electrons. The van der Waals surface area contributed by atoms with Gasteiger partial charge in [-0.1, -0.05) is 33.6 Å². The highest BCUT2D eigenvalue weighted by atomic mass is 19.4. The van der Waals surface area contributed by atoms with Crippen LogP contribution in [-0.2, 0) is 24.2 Å². The Labute approximate surface area is 188 Å². The van der Waals surface area contributed by atoms with Crippen molar-refractivity contribution in [3.05, 3.63) is 11.6 Å². The Hall–Kier alpha value is -1.60. The van der Waals surface area contributed by atoms with Crippen molar-refractivity contribution in [2.45, 2.75) is 111 Å². The van der Waals surface area contributed by atoms with Crippen LogP contribution in [0.5, 0.6) is 0 Å². The number of hydrogen-bond acceptors (Lipinski definition) is 3. The number of rotatable bonds is 2. The second-order valence-electron chi connectivity index (χ2n) is 12.3. The van der Waals surface area contributed by atoms with Crippen LogP contribution in [0.2, 0.25) is 0 Å². The number of aromatic nitrogens is 3. The largest absolute Gasteiger partial charge is 0.490 e. The molecule has 0 saturated heterocycles. The van der Waals surface area contributed by atoms with E-state index in [1.54, 1.807) is 0 Å². The first-order chi connectivity index (χ1) is 14.7. The van der Waals surface area contributed by atoms with Gasteiger partial charge in [-0.3, -0.25) is 0 Å². The lowest BCUT2D eigenvalue weighted by Crippen LogP contribution is -2.59. The van der Waals surface area contributed by atoms with Gasteiger partial charge in [0.2, 0.25) is 0 Å². The zero-order chi connectivity index (χ0) is 23.4. The molecule has 8 heteroatoms. The fraction of sp³-hybridized carbons (Fsp3) is 0.875. The summed E-state index contributed by atoms with van der Waals surface area (Å²) in [7, 11) is 0. The molecule has 1 aromatic rings. The molecule has 6 rings (SSSR count). The van der Waals surface area contributed by atoms with Gasteiger partial charge in [0, 0.05) is 19.4 Å². The Bertz CT molecular complexity index is 825. The van der Waals surface area contributed by atoms with Crippen LogP contribution in [0.3, 0.4) is 0 Å². The lowest BCUT2D eigenvalue weighted by atomic mass is 9.36. The fourth-order valence-electron chi connectivity index (χ4n) is 8.93. The highest BCUT2D eigenvalue weighted by molar-refractivity contribution is 5.73. The molecule has 5 nitrogen and oxygen atoms in total. The van der Waals surface area contributed by atoms with Gasteiger partial charge in [0.25, 0.3) is 0 Å². The van der Waals surface area contributed by atoms with Crippen LogP contribution in [0.4, 0.5) is 13.2 Å². The minimum atomic E-state index is -5.08. The minimum absolute atomic E-state index is 0.485. The van der Waals surface area contributed by atoms with E-state index in [9.17, 15) is 13.2 Å². The average molecular weight is 456 g/mol. The van der Waals surface area contributed by atoms with Gasteiger partial charge in [-0.15, -0.1) is 10.2 Å². The molecule has 0 unspecified atom stereocenters. The number of nitrogens with zero attached hydrogens (tertiary/aromatic N) is 3. The number of alkyl halides is 3. The van der Waals surface area contributed by atoms with E-state index in [1.807, 2.05) is 0 Å². The van der Waals surface area contributed by atoms with Crippen molar-refractivity contribution in [3.8, 4) is 0 Å². The smallest absolute Gasteiger partial charge is 0.475 e. The van der Waals surface area contributed by atoms with Gasteiger partial charge < -0.3 is 9.67 Å². The van der Waals surface area contributed by atoms with Crippen LogP contribution >= 0.6 is 0 Å². The number of carboxylic acids is 1. The SMILES string of the molecule is CC12CC3(C)CC(C)(C1)CC(Cc1nnc4n1CCCCCC4)(C2)C3.O=C(O)C(F)(F)F. The van der Waals surface area contributed by atoms with Crippen molar-refractivity contribution in [1.82, 2.24) is 14.8 Å². The predicted octanol–water partition coefficient (Wildman–Crippen LogP) is 5.96. The second kappa shape index (κ2) is 7.73. The Morgan fingerprint density at radius 2 is 1.41 bits per heavy atom. The second-order valence-corrected chi connectivity index (χ2v) is 12.3. The molecule has 4 aliphatic carbocycles. The van der Waals surface area contributed by atoms with E-state index in [1.165, 1.54) is 82.3 Å². The molecule has 4 fully saturated rings. The molecule has 5 aliphatic rings. The van der Waals surface area contributed by atoms with E-state index < -0.39 is 12.1 Å². The third-order valence-electron chi connectivity index (χ3n) is 8.18. The summed E-state index contributed by atoms with van der Waals surface area (Å²) in [6.07, 6.45) is 11.2. The lowest BCUT2D eigenvalue weighted by Gasteiger charge is -2.69. The molecule has 2 heterocycles. The van der Waals surface area contributed by atoms with Gasteiger partial charge in [0.05, 0.1) is 0 Å². The maximum atomic E-state index is 10.6. The van der Waals surface area contributed by atoms with E-state index in [4.69, 9.17) is 15.0 Å². The number of carboxylic acid groups (broad SMARTS) is 1. The summed E-state index contributed by atoms with van der Waals surface area (Å²) in [6, 6.07) is 0. The van der Waals surface area contributed by atoms with Gasteiger partial charge in [0.1, 0.15) is 11.6 Å². The average Bonchev–Trinajstić information content (AvgIpc) is 2.89. The summed E-state index contributed by atoms with van der Waals surface area (Å²) in [5.74, 6) is -0.176. The first kappa shape index (κ1) is 23.6. The number of hydrogen-bond donors (Lipinski definition) is 1. The van der Waals surface area contributed by atoms with Crippen LogP contribution in [0.15, 0.2) is 0 Å². The number of halogens is 3. The standard InChI is InChI=1S/C22H35N3.C2HF3O2/c1-19-11-20(2)13-21(3,12-19)16-22(14-19,15-20)10-18-24-23-17-8-6-4-5-7-9-25(17)18;3-2(4,5)1(6)7/h4-16H2,1-3H3;(H,6,7). The van der Waals surface area contributed by atoms with Gasteiger partial charge >= 0.3 is 12.1 Å². The van der Waals surface area contributed by atoms with E-state index >= 15 is 0 Å². The summed E-state index contributed by atoms with van der Waals surface area (Å²) in [5.41, 5.74) is 2.19. The van der Waals surface area contributed by atoms with Crippen molar-refractivity contribution in [2.75, 3.05) is 0 Å². The normalized spacial score (nSPS) is 38.3. The van der Waals surface area contributed by atoms with Crippen molar-refractivity contribution in [2.24, 2.45) is 21.7 Å². The van der Waals surface area contributed by atoms with Crippen LogP contribution in [-0.4, -0.2) is 32.0 Å². The van der Waals surface area contributed by atoms with Gasteiger partial charge in [0.15, 0.2) is 0 Å². The molecule has 0 amide bonds. The molecule has 0 aromatic carbocycles. The van der Waals surface area contributed by atoms with Crippen LogP contribution in [0.1, 0.15) is 96.6 Å². The summed E-state index contributed by atoms with van der Waals surface area (Å²) < 4.78 is 34.3. The molecule has 0 spiro atoms. The quantitative estimate of drug-likeness (QED) is 0.598. The number of fused-ring (bicyclic) bond motifs is 1. The Morgan fingerprint density at radius 1 is 0.906 bits per heavy atom. The minimum Gasteiger partial charge on any atom is -0.475 e. The lowest BCUT2D eigenvalue weighted by molar-refractivity contribution is -0.192. The number of carbonyl (C=O) groups is 1. The summed E-state index contributed by atoms with van der Waals surface area (Å²) in [5, 5.41) is 16.5. The highest BCUT2D eigenvalue weighted by Crippen LogP contribution is 2.74. The molecule has 1 aliphatic heterocycles. The van der Waals surface area contributed by atoms with Crippen LogP contribution in [0.25, 0.3) is 0 Å². The maximum absolute atomic E-state index is 10.6. The Balaban J connectivity index is 0.000000307. The van der Waals surface area contributed by atoms with Crippen molar-refractivity contribution < 1.29 is 23.1 Å². The Kier molecular flexibility index (Phi) is 5.69. The first-order valence-electron chi connectivity index (χ1n) is 12.0. The monoisotopic (exact) mass is 455 g/mol. The first-order valence-corrected chi connectivity index (χ1v) is 12.0. The molecular formula is C24H36F3N3O2. The molecular weight excluding hydrogens is 419 g/mol. The number of aryl methyl sites for hydroxylation is 1. The highest BCUT2D eigenvalue weighted by Gasteiger charge is 2.64. The predicted molar refractivity (Wildman–Crippen MR) is 114 cm³/mol. The third kappa shape index (κ3) is 4.69. The van der Waals surface area contributed by atoms with E-state index in [0.717, 1.165) is 13.0 Å². The molecule has 180 valence electrons. The number of aliphatic carboxylic acids is 1. The van der Waals surface area contributed by atoms with Gasteiger partial charge in [-0.2, -0.15) is 13.2 Å². The van der Waals surface area contributed by atoms with E-state index in [-0.39, 0.29) is 0 Å². The van der Waals surface area contributed by atoms with Crippen molar-refractivity contribution in [1.29, 1.82) is 0 Å². The zero-order valence-electron chi connectivity index (χ0n) is 19.5. The van der Waals surface area contributed by atoms with Crippen molar-refractivity contribution in [3.63, 3.8) is 0 Å². The summed E-state index contributed by atoms with van der Waals surface area (Å²) in [4.78, 5) is 8.90. The molecule has 4 bridgehead atoms. The molecule has 4 saturated carbocycles. The summed E-state index contributed by atoms with van der Waals surface area (Å²) in [6.45, 7) is 8.91. The molecule has 1 aromatic heterocycles. The topological polar surface area (TPSA) is 68.0 Å². The van der Waals surface area contributed by atoms with Crippen LogP contribution < -0.4 is 0 Å². The van der Waals surface area contributed by atoms with Crippen molar-refractivity contribution >= 4 is 5.97 Å². The summed E-state index contributed by atoms with van der Waals surface area (Å²) >= 11 is 0. The molecule has 1 N–H and O–H groups in total. The van der Waals surface area contributed by atoms with Gasteiger partial charge in [-0.05, 0) is 73.0 Å². The fourth-order valence-corrected chi connectivity index (χ4v) is 8.93. The Morgan fingerprint density at radius 3 is 1.91 bits per heavy atom. The van der Waals surface area contributed by atoms with Crippen LogP contribution in [0, 0.1) is 21.7 Å².